The molecular formula is C41H33Cl2N3O10. The zero-order valence-electron chi connectivity index (χ0n) is 29.7. The number of phenols is 2. The van der Waals surface area contributed by atoms with Crippen molar-refractivity contribution >= 4 is 64.2 Å². The molecule has 2 heterocycles. The molecule has 6 unspecified atom stereocenters. The van der Waals surface area contributed by atoms with Gasteiger partial charge in [-0.15, -0.1) is 0 Å². The van der Waals surface area contributed by atoms with Gasteiger partial charge in [-0.25, -0.2) is 9.69 Å². The first-order valence-corrected chi connectivity index (χ1v) is 18.3. The number of hydrogen-bond acceptors (Lipinski definition) is 10. The van der Waals surface area contributed by atoms with Crippen molar-refractivity contribution in [1.82, 2.24) is 5.01 Å². The normalized spacial score (nSPS) is 25.4. The van der Waals surface area contributed by atoms with Crippen LogP contribution in [0.2, 0.25) is 10.0 Å². The standard InChI is InChI=1S/C41H33Cl2N3O10/c1-55-22-10-6-19(7-11-22)41-28(37(50)46(40(41)54)44-30-15-8-20(42)16-29(30)43)18-27-23(34(41)26-4-3-5-32(56-2)35(26)48)13-14-25-33(27)38(51)45(36(25)49)21-9-12-24(39(52)53)31(47)17-21/h3-13,15-17,25,27-28,33-34,44,47-48H,14,18H2,1-2H3,(H,52,53). The van der Waals surface area contributed by atoms with Crippen molar-refractivity contribution in [2.45, 2.75) is 24.2 Å². The number of amides is 4. The maximum Gasteiger partial charge on any atom is 0.339 e. The number of nitrogens with one attached hydrogen (secondary N) is 1. The van der Waals surface area contributed by atoms with Crippen LogP contribution in [0, 0.1) is 23.7 Å². The monoisotopic (exact) mass is 797 g/mol. The number of halogens is 2. The highest BCUT2D eigenvalue weighted by Gasteiger charge is 2.70. The third-order valence-corrected chi connectivity index (χ3v) is 12.2. The molecule has 0 spiro atoms. The molecule has 286 valence electrons. The second-order valence-corrected chi connectivity index (χ2v) is 15.0. The minimum atomic E-state index is -1.72. The average molecular weight is 799 g/mol. The Morgan fingerprint density at radius 3 is 2.29 bits per heavy atom. The van der Waals surface area contributed by atoms with Gasteiger partial charge in [0.25, 0.3) is 11.8 Å². The van der Waals surface area contributed by atoms with Crippen LogP contribution in [0.3, 0.4) is 0 Å². The van der Waals surface area contributed by atoms with Crippen LogP contribution in [-0.4, -0.2) is 64.1 Å². The van der Waals surface area contributed by atoms with Gasteiger partial charge in [-0.05, 0) is 72.9 Å². The van der Waals surface area contributed by atoms with E-state index in [9.17, 15) is 34.5 Å². The third kappa shape index (κ3) is 5.32. The van der Waals surface area contributed by atoms with E-state index in [-0.39, 0.29) is 46.3 Å². The lowest BCUT2D eigenvalue weighted by Crippen LogP contribution is -2.53. The number of aromatic carboxylic acids is 1. The number of hydrazine groups is 1. The number of ether oxygens (including phenoxy) is 2. The van der Waals surface area contributed by atoms with Crippen molar-refractivity contribution in [3.05, 3.63) is 117 Å². The summed E-state index contributed by atoms with van der Waals surface area (Å²) in [5.74, 6) is -9.02. The van der Waals surface area contributed by atoms with Gasteiger partial charge in [-0.2, -0.15) is 5.01 Å². The number of rotatable bonds is 8. The number of benzene rings is 4. The SMILES string of the molecule is COc1ccc(C23C(=O)N(Nc4ccc(Cl)cc4Cl)C(=O)C2CC2C(=CCC4C(=O)N(c5ccc(C(=O)O)c(O)c5)C(=O)C42)C3c2cccc(OC)c2O)cc1. The number of methoxy groups -OCH3 is 2. The Morgan fingerprint density at radius 1 is 0.875 bits per heavy atom. The van der Waals surface area contributed by atoms with Crippen LogP contribution >= 0.6 is 23.2 Å². The van der Waals surface area contributed by atoms with Crippen molar-refractivity contribution in [2.24, 2.45) is 23.7 Å². The fraction of sp³-hybridized carbons (Fsp3) is 0.244. The highest BCUT2D eigenvalue weighted by atomic mass is 35.5. The molecule has 1 saturated carbocycles. The number of aromatic hydroxyl groups is 2. The van der Waals surface area contributed by atoms with Gasteiger partial charge in [0.15, 0.2) is 11.5 Å². The molecule has 0 radical (unpaired) electrons. The van der Waals surface area contributed by atoms with Crippen LogP contribution in [0.4, 0.5) is 11.4 Å². The van der Waals surface area contributed by atoms with Crippen LogP contribution in [0.25, 0.3) is 0 Å². The van der Waals surface area contributed by atoms with E-state index in [2.05, 4.69) is 5.43 Å². The van der Waals surface area contributed by atoms with Crippen molar-refractivity contribution < 1.29 is 48.8 Å². The van der Waals surface area contributed by atoms with Crippen molar-refractivity contribution in [3.63, 3.8) is 0 Å². The molecule has 2 saturated heterocycles. The Labute approximate surface area is 329 Å². The summed E-state index contributed by atoms with van der Waals surface area (Å²) in [6.45, 7) is 0. The second kappa shape index (κ2) is 13.6. The van der Waals surface area contributed by atoms with E-state index >= 15 is 4.79 Å². The molecule has 13 nitrogen and oxygen atoms in total. The molecule has 4 aromatic rings. The first-order chi connectivity index (χ1) is 26.8. The fourth-order valence-corrected chi connectivity index (χ4v) is 9.67. The van der Waals surface area contributed by atoms with Gasteiger partial charge >= 0.3 is 5.97 Å². The van der Waals surface area contributed by atoms with Crippen molar-refractivity contribution in [1.29, 1.82) is 0 Å². The van der Waals surface area contributed by atoms with E-state index in [1.54, 1.807) is 48.5 Å². The molecule has 2 aliphatic carbocycles. The lowest BCUT2D eigenvalue weighted by Gasteiger charge is -2.50. The third-order valence-electron chi connectivity index (χ3n) is 11.6. The number of carboxylic acids is 1. The maximum absolute atomic E-state index is 15.4. The summed E-state index contributed by atoms with van der Waals surface area (Å²) in [6.07, 6.45) is 1.85. The summed E-state index contributed by atoms with van der Waals surface area (Å²) in [7, 11) is 2.89. The second-order valence-electron chi connectivity index (χ2n) is 14.1. The first-order valence-electron chi connectivity index (χ1n) is 17.6. The van der Waals surface area contributed by atoms with Crippen molar-refractivity contribution in [3.8, 4) is 23.0 Å². The lowest BCUT2D eigenvalue weighted by molar-refractivity contribution is -0.138. The largest absolute Gasteiger partial charge is 0.507 e. The Hall–Kier alpha value is -6.05. The molecule has 2 aliphatic heterocycles. The molecule has 15 heteroatoms. The number of anilines is 2. The smallest absolute Gasteiger partial charge is 0.339 e. The van der Waals surface area contributed by atoms with Crippen LogP contribution in [0.15, 0.2) is 90.5 Å². The molecule has 8 rings (SSSR count). The van der Waals surface area contributed by atoms with Gasteiger partial charge < -0.3 is 24.8 Å². The van der Waals surface area contributed by atoms with Crippen LogP contribution < -0.4 is 19.8 Å². The average Bonchev–Trinajstić information content (AvgIpc) is 3.56. The van der Waals surface area contributed by atoms with Crippen molar-refractivity contribution in [2.75, 3.05) is 24.5 Å². The minimum absolute atomic E-state index is 0.00818. The number of carbonyl (C=O) groups excluding carboxylic acids is 4. The first kappa shape index (κ1) is 36.9. The summed E-state index contributed by atoms with van der Waals surface area (Å²) < 4.78 is 10.9. The number of fused-ring (bicyclic) bond motifs is 4. The number of hydrogen-bond donors (Lipinski definition) is 4. The topological polar surface area (TPSA) is 183 Å². The van der Waals surface area contributed by atoms with Gasteiger partial charge in [-0.3, -0.25) is 24.6 Å². The zero-order valence-corrected chi connectivity index (χ0v) is 31.2. The molecule has 6 atom stereocenters. The molecule has 0 aromatic heterocycles. The number of imide groups is 2. The number of para-hydroxylation sites is 1. The van der Waals surface area contributed by atoms with Crippen LogP contribution in [-0.2, 0) is 24.6 Å². The Kier molecular flexibility index (Phi) is 8.97. The molecule has 4 aliphatic rings. The highest BCUT2D eigenvalue weighted by Crippen LogP contribution is 2.65. The molecule has 4 aromatic carbocycles. The van der Waals surface area contributed by atoms with Gasteiger partial charge in [0.2, 0.25) is 11.8 Å². The van der Waals surface area contributed by atoms with E-state index in [0.717, 1.165) is 22.0 Å². The number of carboxylic acid groups (broad SMARTS) is 1. The number of allylic oxidation sites excluding steroid dienone is 2. The van der Waals surface area contributed by atoms with E-state index in [0.29, 0.717) is 21.9 Å². The Bertz CT molecular complexity index is 2400. The fourth-order valence-electron chi connectivity index (χ4n) is 9.22. The summed E-state index contributed by atoms with van der Waals surface area (Å²) in [5.41, 5.74) is 2.28. The minimum Gasteiger partial charge on any atom is -0.507 e. The Balaban J connectivity index is 1.33. The molecule has 56 heavy (non-hydrogen) atoms. The summed E-state index contributed by atoms with van der Waals surface area (Å²) in [5, 5.41) is 33.2. The number of nitrogens with zero attached hydrogens (tertiary/aromatic N) is 2. The maximum atomic E-state index is 15.4. The summed E-state index contributed by atoms with van der Waals surface area (Å²) >= 11 is 12.7. The molecule has 0 bridgehead atoms. The van der Waals surface area contributed by atoms with E-state index in [1.807, 2.05) is 6.08 Å². The van der Waals surface area contributed by atoms with Gasteiger partial charge in [-0.1, -0.05) is 59.1 Å². The molecule has 4 amide bonds. The molecule has 3 fully saturated rings. The molecule has 4 N–H and O–H groups in total. The quantitative estimate of drug-likeness (QED) is 0.116. The van der Waals surface area contributed by atoms with Gasteiger partial charge in [0, 0.05) is 22.6 Å². The van der Waals surface area contributed by atoms with Crippen LogP contribution in [0.5, 0.6) is 23.0 Å². The predicted molar refractivity (Wildman–Crippen MR) is 203 cm³/mol. The van der Waals surface area contributed by atoms with E-state index in [1.165, 1.54) is 32.4 Å². The van der Waals surface area contributed by atoms with Crippen LogP contribution in [0.1, 0.15) is 40.2 Å². The Morgan fingerprint density at radius 2 is 1.62 bits per heavy atom. The van der Waals surface area contributed by atoms with E-state index in [4.69, 9.17) is 32.7 Å². The molecular weight excluding hydrogens is 765 g/mol. The zero-order chi connectivity index (χ0) is 39.8. The van der Waals surface area contributed by atoms with Gasteiger partial charge in [0.05, 0.1) is 53.8 Å². The van der Waals surface area contributed by atoms with Gasteiger partial charge in [0.1, 0.15) is 17.1 Å². The number of carbonyl (C=O) groups is 5. The predicted octanol–water partition coefficient (Wildman–Crippen LogP) is 6.31. The lowest BCUT2D eigenvalue weighted by atomic mass is 9.49. The summed E-state index contributed by atoms with van der Waals surface area (Å²) in [4.78, 5) is 71.6. The highest BCUT2D eigenvalue weighted by molar-refractivity contribution is 6.36. The van der Waals surface area contributed by atoms with E-state index < -0.39 is 75.9 Å². The number of phenolic OH excluding ortho intramolecular Hbond substituents is 1. The summed E-state index contributed by atoms with van der Waals surface area (Å²) in [6, 6.07) is 19.6.